The monoisotopic (exact) mass is 264 g/mol. The minimum Gasteiger partial charge on any atom is -0.0654 e. The molecule has 19 heavy (non-hydrogen) atoms. The summed E-state index contributed by atoms with van der Waals surface area (Å²) in [6.45, 7) is 4.76. The van der Waals surface area contributed by atoms with Crippen LogP contribution in [0.2, 0.25) is 0 Å². The quantitative estimate of drug-likeness (QED) is 0.475. The molecule has 0 heteroatoms. The Morgan fingerprint density at radius 1 is 0.684 bits per heavy atom. The fourth-order valence-electron chi connectivity index (χ4n) is 4.57. The van der Waals surface area contributed by atoms with Gasteiger partial charge in [0.05, 0.1) is 0 Å². The average Bonchev–Trinajstić information content (AvgIpc) is 2.45. The average molecular weight is 264 g/mol. The Bertz CT molecular complexity index is 216. The zero-order chi connectivity index (χ0) is 13.5. The second-order valence-electron chi connectivity index (χ2n) is 7.65. The molecule has 112 valence electrons. The van der Waals surface area contributed by atoms with E-state index < -0.39 is 0 Å². The van der Waals surface area contributed by atoms with E-state index in [0.717, 1.165) is 23.7 Å². The summed E-state index contributed by atoms with van der Waals surface area (Å²) in [5.74, 6) is 4.33. The maximum absolute atomic E-state index is 2.45. The predicted molar refractivity (Wildman–Crippen MR) is 85.3 cm³/mol. The van der Waals surface area contributed by atoms with Crippen LogP contribution in [0.1, 0.15) is 97.3 Å². The van der Waals surface area contributed by atoms with Gasteiger partial charge in [0.25, 0.3) is 0 Å². The highest BCUT2D eigenvalue weighted by Crippen LogP contribution is 2.42. The Kier molecular flexibility index (Phi) is 6.74. The van der Waals surface area contributed by atoms with Crippen LogP contribution < -0.4 is 0 Å². The van der Waals surface area contributed by atoms with Gasteiger partial charge in [-0.15, -0.1) is 0 Å². The summed E-state index contributed by atoms with van der Waals surface area (Å²) in [5, 5.41) is 0. The zero-order valence-electron chi connectivity index (χ0n) is 13.5. The van der Waals surface area contributed by atoms with E-state index in [4.69, 9.17) is 0 Å². The molecular weight excluding hydrogens is 228 g/mol. The maximum Gasteiger partial charge on any atom is -0.0386 e. The summed E-state index contributed by atoms with van der Waals surface area (Å²) in [7, 11) is 0. The molecule has 0 unspecified atom stereocenters. The predicted octanol–water partition coefficient (Wildman–Crippen LogP) is 6.59. The van der Waals surface area contributed by atoms with Gasteiger partial charge in [-0.3, -0.25) is 0 Å². The molecule has 2 fully saturated rings. The fourth-order valence-corrected chi connectivity index (χ4v) is 4.57. The van der Waals surface area contributed by atoms with Gasteiger partial charge in [0, 0.05) is 0 Å². The second-order valence-corrected chi connectivity index (χ2v) is 7.65. The van der Waals surface area contributed by atoms with E-state index in [1.807, 2.05) is 0 Å². The van der Waals surface area contributed by atoms with Crippen LogP contribution in [0.4, 0.5) is 0 Å². The van der Waals surface area contributed by atoms with Gasteiger partial charge in [-0.1, -0.05) is 71.6 Å². The van der Waals surface area contributed by atoms with Crippen LogP contribution >= 0.6 is 0 Å². The third-order valence-electron chi connectivity index (χ3n) is 6.08. The molecule has 0 spiro atoms. The van der Waals surface area contributed by atoms with E-state index in [-0.39, 0.29) is 0 Å². The van der Waals surface area contributed by atoms with E-state index in [2.05, 4.69) is 13.8 Å². The normalized spacial score (nSPS) is 36.3. The van der Waals surface area contributed by atoms with E-state index in [9.17, 15) is 0 Å². The van der Waals surface area contributed by atoms with Gasteiger partial charge in [0.1, 0.15) is 0 Å². The molecule has 0 N–H and O–H groups in total. The van der Waals surface area contributed by atoms with Gasteiger partial charge in [-0.2, -0.15) is 0 Å². The first-order chi connectivity index (χ1) is 9.29. The number of hydrogen-bond donors (Lipinski definition) is 0. The highest BCUT2D eigenvalue weighted by molar-refractivity contribution is 4.81. The molecule has 0 heterocycles. The van der Waals surface area contributed by atoms with Crippen molar-refractivity contribution in [2.24, 2.45) is 23.7 Å². The lowest BCUT2D eigenvalue weighted by Gasteiger charge is -2.37. The molecular formula is C19H36. The molecule has 0 nitrogen and oxygen atoms in total. The standard InChI is InChI=1S/C19H36/c1-3-4-5-6-7-17-10-14-19(15-11-17)18-12-8-16(2)9-13-18/h16-19H,3-15H2,1-2H3. The van der Waals surface area contributed by atoms with Crippen LogP contribution in [0.5, 0.6) is 0 Å². The van der Waals surface area contributed by atoms with Crippen LogP contribution in [0.25, 0.3) is 0 Å². The molecule has 0 saturated heterocycles. The molecule has 2 rings (SSSR count). The van der Waals surface area contributed by atoms with E-state index >= 15 is 0 Å². The molecule has 2 saturated carbocycles. The van der Waals surface area contributed by atoms with Gasteiger partial charge in [-0.05, 0) is 49.4 Å². The van der Waals surface area contributed by atoms with Crippen LogP contribution in [-0.2, 0) is 0 Å². The fraction of sp³-hybridized carbons (Fsp3) is 1.00. The van der Waals surface area contributed by atoms with Gasteiger partial charge < -0.3 is 0 Å². The lowest BCUT2D eigenvalue weighted by Crippen LogP contribution is -2.25. The lowest BCUT2D eigenvalue weighted by molar-refractivity contribution is 0.146. The molecule has 0 aliphatic heterocycles. The highest BCUT2D eigenvalue weighted by Gasteiger charge is 2.29. The maximum atomic E-state index is 2.45. The summed E-state index contributed by atoms with van der Waals surface area (Å²) in [4.78, 5) is 0. The van der Waals surface area contributed by atoms with Crippen molar-refractivity contribution in [3.8, 4) is 0 Å². The van der Waals surface area contributed by atoms with Crippen molar-refractivity contribution in [3.63, 3.8) is 0 Å². The van der Waals surface area contributed by atoms with Crippen molar-refractivity contribution in [3.05, 3.63) is 0 Å². The van der Waals surface area contributed by atoms with Crippen molar-refractivity contribution >= 4 is 0 Å². The first-order valence-corrected chi connectivity index (χ1v) is 9.29. The van der Waals surface area contributed by atoms with E-state index in [1.54, 1.807) is 38.5 Å². The molecule has 2 aliphatic carbocycles. The summed E-state index contributed by atoms with van der Waals surface area (Å²) < 4.78 is 0. The van der Waals surface area contributed by atoms with Crippen molar-refractivity contribution in [2.45, 2.75) is 97.3 Å². The van der Waals surface area contributed by atoms with Gasteiger partial charge in [0.15, 0.2) is 0 Å². The van der Waals surface area contributed by atoms with Crippen molar-refractivity contribution in [1.82, 2.24) is 0 Å². The topological polar surface area (TPSA) is 0 Å². The van der Waals surface area contributed by atoms with Crippen LogP contribution in [-0.4, -0.2) is 0 Å². The first kappa shape index (κ1) is 15.4. The zero-order valence-corrected chi connectivity index (χ0v) is 13.5. The molecule has 0 aromatic carbocycles. The van der Waals surface area contributed by atoms with E-state index in [1.165, 1.54) is 44.9 Å². The Morgan fingerprint density at radius 2 is 1.26 bits per heavy atom. The third-order valence-corrected chi connectivity index (χ3v) is 6.08. The van der Waals surface area contributed by atoms with Crippen LogP contribution in [0.15, 0.2) is 0 Å². The first-order valence-electron chi connectivity index (χ1n) is 9.29. The Balaban J connectivity index is 1.59. The highest BCUT2D eigenvalue weighted by atomic mass is 14.3. The van der Waals surface area contributed by atoms with E-state index in [0.29, 0.717) is 0 Å². The molecule has 0 atom stereocenters. The summed E-state index contributed by atoms with van der Waals surface area (Å²) in [5.41, 5.74) is 0. The number of rotatable bonds is 6. The van der Waals surface area contributed by atoms with Crippen LogP contribution in [0, 0.1) is 23.7 Å². The number of hydrogen-bond acceptors (Lipinski definition) is 0. The third kappa shape index (κ3) is 5.12. The minimum atomic E-state index is 1.02. The van der Waals surface area contributed by atoms with Crippen LogP contribution in [0.3, 0.4) is 0 Å². The van der Waals surface area contributed by atoms with Gasteiger partial charge >= 0.3 is 0 Å². The minimum absolute atomic E-state index is 1.02. The van der Waals surface area contributed by atoms with Gasteiger partial charge in [-0.25, -0.2) is 0 Å². The molecule has 0 aromatic heterocycles. The van der Waals surface area contributed by atoms with Gasteiger partial charge in [0.2, 0.25) is 0 Å². The SMILES string of the molecule is CCCCCCC1CCC(C2CCC(C)CC2)CC1. The molecule has 2 aliphatic rings. The summed E-state index contributed by atoms with van der Waals surface area (Å²) >= 11 is 0. The summed E-state index contributed by atoms with van der Waals surface area (Å²) in [6.07, 6.45) is 19.7. The lowest BCUT2D eigenvalue weighted by atomic mass is 9.69. The Morgan fingerprint density at radius 3 is 1.84 bits per heavy atom. The molecule has 0 radical (unpaired) electrons. The molecule has 0 aromatic rings. The summed E-state index contributed by atoms with van der Waals surface area (Å²) in [6, 6.07) is 0. The largest absolute Gasteiger partial charge is 0.0654 e. The number of unbranched alkanes of at least 4 members (excludes halogenated alkanes) is 3. The van der Waals surface area contributed by atoms with Crippen molar-refractivity contribution in [1.29, 1.82) is 0 Å². The molecule has 0 bridgehead atoms. The van der Waals surface area contributed by atoms with Crippen molar-refractivity contribution < 1.29 is 0 Å². The Labute approximate surface area is 121 Å². The smallest absolute Gasteiger partial charge is 0.0386 e. The van der Waals surface area contributed by atoms with Crippen molar-refractivity contribution in [2.75, 3.05) is 0 Å². The molecule has 0 amide bonds. The second kappa shape index (κ2) is 8.32. The Hall–Kier alpha value is 0.